The summed E-state index contributed by atoms with van der Waals surface area (Å²) in [6, 6.07) is 7.38. The van der Waals surface area contributed by atoms with Crippen LogP contribution < -0.4 is 4.72 Å². The number of amides is 2. The van der Waals surface area contributed by atoms with Gasteiger partial charge in [-0.05, 0) is 62.2 Å². The average molecular weight is 468 g/mol. The number of likely N-dealkylation sites (tertiary alicyclic amines) is 2. The average Bonchev–Trinajstić information content (AvgIpc) is 3.32. The minimum atomic E-state index is -3.77. The van der Waals surface area contributed by atoms with Crippen molar-refractivity contribution in [2.75, 3.05) is 38.2 Å². The number of sulfonamides is 1. The van der Waals surface area contributed by atoms with Gasteiger partial charge in [-0.1, -0.05) is 18.2 Å². The first kappa shape index (κ1) is 24.1. The zero-order valence-corrected chi connectivity index (χ0v) is 19.8. The third-order valence-corrected chi connectivity index (χ3v) is 8.24. The maximum Gasteiger partial charge on any atom is 0.241 e. The number of carbonyl (C=O) groups excluding carboxylic acids is 2. The third-order valence-electron chi connectivity index (χ3n) is 6.11. The summed E-state index contributed by atoms with van der Waals surface area (Å²) in [7, 11) is -3.77. The SMILES string of the molecule is CSCCC(NS(=O)(=O)c1ccccc1)C(=O)N1CCC(CC(=O)N2CCCC2)CC1. The number of nitrogens with one attached hydrogen (secondary N) is 1. The van der Waals surface area contributed by atoms with Gasteiger partial charge in [-0.3, -0.25) is 9.59 Å². The van der Waals surface area contributed by atoms with Crippen LogP contribution in [-0.4, -0.2) is 74.3 Å². The van der Waals surface area contributed by atoms with Crippen molar-refractivity contribution in [3.63, 3.8) is 0 Å². The Hall–Kier alpha value is -1.58. The van der Waals surface area contributed by atoms with Crippen LogP contribution in [0.3, 0.4) is 0 Å². The molecule has 0 radical (unpaired) electrons. The van der Waals surface area contributed by atoms with E-state index in [0.29, 0.717) is 37.6 Å². The fraction of sp³-hybridized carbons (Fsp3) is 0.636. The molecule has 172 valence electrons. The van der Waals surface area contributed by atoms with Gasteiger partial charge in [0, 0.05) is 32.6 Å². The lowest BCUT2D eigenvalue weighted by Crippen LogP contribution is -2.51. The van der Waals surface area contributed by atoms with E-state index in [9.17, 15) is 18.0 Å². The largest absolute Gasteiger partial charge is 0.343 e. The second-order valence-corrected chi connectivity index (χ2v) is 11.0. The van der Waals surface area contributed by atoms with E-state index >= 15 is 0 Å². The Morgan fingerprint density at radius 3 is 2.32 bits per heavy atom. The summed E-state index contributed by atoms with van der Waals surface area (Å²) >= 11 is 1.59. The molecule has 1 aromatic rings. The van der Waals surface area contributed by atoms with Crippen LogP contribution in [0.5, 0.6) is 0 Å². The van der Waals surface area contributed by atoms with Crippen LogP contribution in [0.2, 0.25) is 0 Å². The molecule has 0 aliphatic carbocycles. The van der Waals surface area contributed by atoms with E-state index in [4.69, 9.17) is 0 Å². The van der Waals surface area contributed by atoms with E-state index in [1.165, 1.54) is 12.1 Å². The molecule has 0 spiro atoms. The highest BCUT2D eigenvalue weighted by molar-refractivity contribution is 7.98. The first-order chi connectivity index (χ1) is 14.9. The Morgan fingerprint density at radius 2 is 1.71 bits per heavy atom. The molecule has 2 aliphatic rings. The van der Waals surface area contributed by atoms with Gasteiger partial charge in [-0.15, -0.1) is 0 Å². The minimum Gasteiger partial charge on any atom is -0.343 e. The van der Waals surface area contributed by atoms with Gasteiger partial charge in [0.05, 0.1) is 4.90 Å². The van der Waals surface area contributed by atoms with Gasteiger partial charge in [0.25, 0.3) is 0 Å². The highest BCUT2D eigenvalue weighted by Crippen LogP contribution is 2.24. The molecular weight excluding hydrogens is 434 g/mol. The predicted molar refractivity (Wildman–Crippen MR) is 123 cm³/mol. The van der Waals surface area contributed by atoms with Crippen LogP contribution >= 0.6 is 11.8 Å². The van der Waals surface area contributed by atoms with Crippen molar-refractivity contribution in [3.05, 3.63) is 30.3 Å². The van der Waals surface area contributed by atoms with Gasteiger partial charge < -0.3 is 9.80 Å². The minimum absolute atomic E-state index is 0.163. The maximum atomic E-state index is 13.2. The van der Waals surface area contributed by atoms with Gasteiger partial charge in [0.15, 0.2) is 0 Å². The lowest BCUT2D eigenvalue weighted by molar-refractivity contribution is -0.135. The van der Waals surface area contributed by atoms with Crippen molar-refractivity contribution in [1.82, 2.24) is 14.5 Å². The second kappa shape index (κ2) is 11.3. The molecule has 31 heavy (non-hydrogen) atoms. The third kappa shape index (κ3) is 6.70. The van der Waals surface area contributed by atoms with Crippen LogP contribution in [0.4, 0.5) is 0 Å². The number of nitrogens with zero attached hydrogens (tertiary/aromatic N) is 2. The molecule has 7 nitrogen and oxygen atoms in total. The molecule has 2 heterocycles. The van der Waals surface area contributed by atoms with Crippen LogP contribution in [0.1, 0.15) is 38.5 Å². The molecule has 2 fully saturated rings. The lowest BCUT2D eigenvalue weighted by Gasteiger charge is -2.34. The molecule has 2 saturated heterocycles. The van der Waals surface area contributed by atoms with E-state index in [0.717, 1.165) is 38.8 Å². The van der Waals surface area contributed by atoms with Crippen molar-refractivity contribution >= 4 is 33.6 Å². The molecule has 3 rings (SSSR count). The molecule has 0 saturated carbocycles. The van der Waals surface area contributed by atoms with E-state index in [-0.39, 0.29) is 16.7 Å². The van der Waals surface area contributed by atoms with E-state index in [1.54, 1.807) is 34.9 Å². The summed E-state index contributed by atoms with van der Waals surface area (Å²) in [6.45, 7) is 2.88. The smallest absolute Gasteiger partial charge is 0.241 e. The van der Waals surface area contributed by atoms with Crippen molar-refractivity contribution in [2.45, 2.75) is 49.5 Å². The van der Waals surface area contributed by atoms with Crippen LogP contribution in [-0.2, 0) is 19.6 Å². The molecule has 9 heteroatoms. The normalized spacial score (nSPS) is 18.9. The topological polar surface area (TPSA) is 86.8 Å². The summed E-state index contributed by atoms with van der Waals surface area (Å²) in [5.74, 6) is 1.05. The predicted octanol–water partition coefficient (Wildman–Crippen LogP) is 2.34. The Kier molecular flexibility index (Phi) is 8.80. The van der Waals surface area contributed by atoms with E-state index < -0.39 is 16.1 Å². The molecule has 1 N–H and O–H groups in total. The number of piperidine rings is 1. The number of benzene rings is 1. The van der Waals surface area contributed by atoms with Crippen molar-refractivity contribution in [2.24, 2.45) is 5.92 Å². The summed E-state index contributed by atoms with van der Waals surface area (Å²) in [5, 5.41) is 0. The molecule has 2 amide bonds. The second-order valence-electron chi connectivity index (χ2n) is 8.33. The van der Waals surface area contributed by atoms with Crippen LogP contribution in [0.15, 0.2) is 35.2 Å². The summed E-state index contributed by atoms with van der Waals surface area (Å²) in [6.07, 6.45) is 6.69. The van der Waals surface area contributed by atoms with Gasteiger partial charge in [-0.2, -0.15) is 16.5 Å². The molecule has 0 aromatic heterocycles. The highest BCUT2D eigenvalue weighted by Gasteiger charge is 2.32. The molecule has 2 aliphatic heterocycles. The standard InChI is InChI=1S/C22H33N3O4S2/c1-30-16-11-20(23-31(28,29)19-7-3-2-4-8-19)22(27)25-14-9-18(10-15-25)17-21(26)24-12-5-6-13-24/h2-4,7-8,18,20,23H,5-6,9-17H2,1H3. The number of rotatable bonds is 9. The zero-order chi connectivity index (χ0) is 22.3. The van der Waals surface area contributed by atoms with Gasteiger partial charge in [-0.25, -0.2) is 8.42 Å². The van der Waals surface area contributed by atoms with Gasteiger partial charge in [0.2, 0.25) is 21.8 Å². The van der Waals surface area contributed by atoms with Crippen LogP contribution in [0.25, 0.3) is 0 Å². The van der Waals surface area contributed by atoms with Crippen molar-refractivity contribution < 1.29 is 18.0 Å². The quantitative estimate of drug-likeness (QED) is 0.602. The fourth-order valence-corrected chi connectivity index (χ4v) is 5.96. The highest BCUT2D eigenvalue weighted by atomic mass is 32.2. The maximum absolute atomic E-state index is 13.2. The number of hydrogen-bond donors (Lipinski definition) is 1. The van der Waals surface area contributed by atoms with Crippen molar-refractivity contribution in [3.8, 4) is 0 Å². The summed E-state index contributed by atoms with van der Waals surface area (Å²) in [4.78, 5) is 29.5. The Morgan fingerprint density at radius 1 is 1.06 bits per heavy atom. The van der Waals surface area contributed by atoms with E-state index in [1.807, 2.05) is 11.2 Å². The molecular formula is C22H33N3O4S2. The Labute approximate surface area is 190 Å². The molecule has 0 bridgehead atoms. The van der Waals surface area contributed by atoms with Crippen LogP contribution in [0, 0.1) is 5.92 Å². The Balaban J connectivity index is 1.57. The fourth-order valence-electron chi connectivity index (χ4n) is 4.24. The number of carbonyl (C=O) groups is 2. The first-order valence-electron chi connectivity index (χ1n) is 11.0. The van der Waals surface area contributed by atoms with Gasteiger partial charge >= 0.3 is 0 Å². The molecule has 1 aromatic carbocycles. The number of thioether (sulfide) groups is 1. The summed E-state index contributed by atoms with van der Waals surface area (Å²) < 4.78 is 28.2. The summed E-state index contributed by atoms with van der Waals surface area (Å²) in [5.41, 5.74) is 0. The van der Waals surface area contributed by atoms with Crippen molar-refractivity contribution in [1.29, 1.82) is 0 Å². The molecule has 1 unspecified atom stereocenters. The van der Waals surface area contributed by atoms with Gasteiger partial charge in [0.1, 0.15) is 6.04 Å². The first-order valence-corrected chi connectivity index (χ1v) is 13.9. The monoisotopic (exact) mass is 467 g/mol. The van der Waals surface area contributed by atoms with E-state index in [2.05, 4.69) is 4.72 Å². The molecule has 1 atom stereocenters. The lowest BCUT2D eigenvalue weighted by atomic mass is 9.92. The zero-order valence-electron chi connectivity index (χ0n) is 18.2. The Bertz CT molecular complexity index is 834. The number of hydrogen-bond acceptors (Lipinski definition) is 5.